The maximum Gasteiger partial charge on any atom is 0.0431 e. The number of hydrogen-bond donors (Lipinski definition) is 1. The van der Waals surface area contributed by atoms with Crippen molar-refractivity contribution in [1.29, 1.82) is 0 Å². The summed E-state index contributed by atoms with van der Waals surface area (Å²) >= 11 is 0. The van der Waals surface area contributed by atoms with Gasteiger partial charge in [0.2, 0.25) is 0 Å². The smallest absolute Gasteiger partial charge is 0.0431 e. The van der Waals surface area contributed by atoms with Crippen molar-refractivity contribution >= 4 is 0 Å². The molecule has 0 aliphatic rings. The van der Waals surface area contributed by atoms with E-state index in [4.69, 9.17) is 5.11 Å². The highest BCUT2D eigenvalue weighted by molar-refractivity contribution is 4.81. The molecule has 0 aromatic rings. The topological polar surface area (TPSA) is 51.7 Å². The lowest BCUT2D eigenvalue weighted by atomic mass is 10.1. The first kappa shape index (κ1) is 21.9. The molecule has 2 heteroatoms. The van der Waals surface area contributed by atoms with Crippen molar-refractivity contribution in [2.45, 2.75) is 96.8 Å². The van der Waals surface area contributed by atoms with Gasteiger partial charge in [-0.25, -0.2) is 0 Å². The first-order chi connectivity index (χ1) is 9.41. The molecule has 0 saturated carbocycles. The van der Waals surface area contributed by atoms with Crippen molar-refractivity contribution < 1.29 is 10.6 Å². The van der Waals surface area contributed by atoms with Gasteiger partial charge in [-0.15, -0.1) is 0 Å². The molecule has 0 radical (unpaired) electrons. The van der Waals surface area contributed by atoms with Crippen molar-refractivity contribution in [3.63, 3.8) is 0 Å². The zero-order valence-corrected chi connectivity index (χ0v) is 13.7. The van der Waals surface area contributed by atoms with Gasteiger partial charge in [-0.2, -0.15) is 0 Å². The fourth-order valence-electron chi connectivity index (χ4n) is 2.36. The summed E-state index contributed by atoms with van der Waals surface area (Å²) in [6.45, 7) is 2.64. The molecule has 122 valence electrons. The summed E-state index contributed by atoms with van der Waals surface area (Å²) in [4.78, 5) is 0. The SMILES string of the molecule is CCCCCCCC/C=C\CCCCCCCCO.O. The lowest BCUT2D eigenvalue weighted by Gasteiger charge is -1.99. The van der Waals surface area contributed by atoms with Gasteiger partial charge in [-0.3, -0.25) is 0 Å². The maximum atomic E-state index is 8.66. The molecule has 3 N–H and O–H groups in total. The van der Waals surface area contributed by atoms with Gasteiger partial charge in [0.15, 0.2) is 0 Å². The number of rotatable bonds is 15. The second-order valence-electron chi connectivity index (χ2n) is 5.66. The summed E-state index contributed by atoms with van der Waals surface area (Å²) in [7, 11) is 0. The quantitative estimate of drug-likeness (QED) is 0.327. The van der Waals surface area contributed by atoms with Crippen LogP contribution in [0.4, 0.5) is 0 Å². The van der Waals surface area contributed by atoms with Gasteiger partial charge in [-0.05, 0) is 32.1 Å². The minimum atomic E-state index is 0. The summed E-state index contributed by atoms with van der Waals surface area (Å²) in [6, 6.07) is 0. The molecular weight excluding hydrogens is 248 g/mol. The predicted octanol–water partition coefficient (Wildman–Crippen LogP) is 5.19. The molecule has 0 rings (SSSR count). The summed E-state index contributed by atoms with van der Waals surface area (Å²) in [5, 5.41) is 8.66. The summed E-state index contributed by atoms with van der Waals surface area (Å²) < 4.78 is 0. The molecular formula is C18H38O2. The van der Waals surface area contributed by atoms with E-state index in [1.54, 1.807) is 0 Å². The lowest BCUT2D eigenvalue weighted by molar-refractivity contribution is 0.282. The first-order valence-electron chi connectivity index (χ1n) is 8.67. The van der Waals surface area contributed by atoms with Crippen LogP contribution in [0.15, 0.2) is 12.2 Å². The van der Waals surface area contributed by atoms with Crippen LogP contribution in [0, 0.1) is 0 Å². The average Bonchev–Trinajstić information content (AvgIpc) is 2.43. The van der Waals surface area contributed by atoms with Crippen LogP contribution in [-0.4, -0.2) is 17.2 Å². The summed E-state index contributed by atoms with van der Waals surface area (Å²) in [5.74, 6) is 0. The van der Waals surface area contributed by atoms with Gasteiger partial charge in [0.1, 0.15) is 0 Å². The molecule has 0 aliphatic heterocycles. The Kier molecular flexibility index (Phi) is 23.0. The fourth-order valence-corrected chi connectivity index (χ4v) is 2.36. The fraction of sp³-hybridized carbons (Fsp3) is 0.889. The third-order valence-corrected chi connectivity index (χ3v) is 3.67. The molecule has 0 amide bonds. The van der Waals surface area contributed by atoms with Crippen LogP contribution in [0.3, 0.4) is 0 Å². The minimum absolute atomic E-state index is 0. The monoisotopic (exact) mass is 286 g/mol. The van der Waals surface area contributed by atoms with E-state index in [2.05, 4.69) is 19.1 Å². The number of hydrogen-bond acceptors (Lipinski definition) is 1. The number of unbranched alkanes of at least 4 members (excludes halogenated alkanes) is 12. The number of aliphatic hydroxyl groups excluding tert-OH is 1. The Morgan fingerprint density at radius 2 is 1.00 bits per heavy atom. The molecule has 0 aromatic heterocycles. The Hall–Kier alpha value is -0.340. The molecule has 0 heterocycles. The molecule has 0 aromatic carbocycles. The van der Waals surface area contributed by atoms with Gasteiger partial charge < -0.3 is 10.6 Å². The maximum absolute atomic E-state index is 8.66. The largest absolute Gasteiger partial charge is 0.412 e. The summed E-state index contributed by atoms with van der Waals surface area (Å²) in [5.41, 5.74) is 0. The third-order valence-electron chi connectivity index (χ3n) is 3.67. The molecule has 20 heavy (non-hydrogen) atoms. The molecule has 0 bridgehead atoms. The van der Waals surface area contributed by atoms with E-state index >= 15 is 0 Å². The normalized spacial score (nSPS) is 10.9. The van der Waals surface area contributed by atoms with E-state index in [-0.39, 0.29) is 5.48 Å². The third kappa shape index (κ3) is 20.0. The second-order valence-corrected chi connectivity index (χ2v) is 5.66. The van der Waals surface area contributed by atoms with Gasteiger partial charge in [-0.1, -0.05) is 76.9 Å². The van der Waals surface area contributed by atoms with E-state index in [0.29, 0.717) is 6.61 Å². The number of aliphatic hydroxyl groups is 1. The van der Waals surface area contributed by atoms with Crippen LogP contribution in [0.1, 0.15) is 96.8 Å². The zero-order chi connectivity index (χ0) is 14.0. The van der Waals surface area contributed by atoms with Crippen molar-refractivity contribution in [2.24, 2.45) is 0 Å². The Bertz CT molecular complexity index is 178. The standard InChI is InChI=1S/C18H36O.H2O/c1-2-3-4-5-6-7-8-9-10-11-12-13-14-15-16-17-18-19;/h9-10,19H,2-8,11-18H2,1H3;1H2/b10-9-;. The van der Waals surface area contributed by atoms with E-state index in [1.807, 2.05) is 0 Å². The van der Waals surface area contributed by atoms with Crippen LogP contribution < -0.4 is 0 Å². The average molecular weight is 286 g/mol. The molecule has 0 unspecified atom stereocenters. The number of allylic oxidation sites excluding steroid dienone is 2. The molecule has 0 spiro atoms. The van der Waals surface area contributed by atoms with Crippen molar-refractivity contribution in [3.8, 4) is 0 Å². The van der Waals surface area contributed by atoms with Gasteiger partial charge in [0.25, 0.3) is 0 Å². The first-order valence-corrected chi connectivity index (χ1v) is 8.67. The van der Waals surface area contributed by atoms with E-state index < -0.39 is 0 Å². The molecule has 2 nitrogen and oxygen atoms in total. The highest BCUT2D eigenvalue weighted by Gasteiger charge is 1.90. The predicted molar refractivity (Wildman–Crippen MR) is 90.2 cm³/mol. The zero-order valence-electron chi connectivity index (χ0n) is 13.7. The van der Waals surface area contributed by atoms with Crippen LogP contribution >= 0.6 is 0 Å². The Balaban J connectivity index is 0. The van der Waals surface area contributed by atoms with Crippen LogP contribution in [0.25, 0.3) is 0 Å². The highest BCUT2D eigenvalue weighted by atomic mass is 16.2. The Morgan fingerprint density at radius 3 is 1.45 bits per heavy atom. The van der Waals surface area contributed by atoms with Crippen molar-refractivity contribution in [2.75, 3.05) is 6.61 Å². The van der Waals surface area contributed by atoms with Gasteiger partial charge in [0.05, 0.1) is 0 Å². The van der Waals surface area contributed by atoms with E-state index in [0.717, 1.165) is 6.42 Å². The summed E-state index contributed by atoms with van der Waals surface area (Å²) in [6.07, 6.45) is 23.2. The second kappa shape index (κ2) is 21.0. The van der Waals surface area contributed by atoms with E-state index in [1.165, 1.54) is 83.5 Å². The molecule has 0 saturated heterocycles. The van der Waals surface area contributed by atoms with Crippen LogP contribution in [0.5, 0.6) is 0 Å². The molecule has 0 fully saturated rings. The molecule has 0 aliphatic carbocycles. The minimum Gasteiger partial charge on any atom is -0.412 e. The Labute approximate surface area is 127 Å². The van der Waals surface area contributed by atoms with Crippen molar-refractivity contribution in [3.05, 3.63) is 12.2 Å². The highest BCUT2D eigenvalue weighted by Crippen LogP contribution is 2.09. The van der Waals surface area contributed by atoms with Crippen LogP contribution in [-0.2, 0) is 0 Å². The molecule has 0 atom stereocenters. The lowest BCUT2D eigenvalue weighted by Crippen LogP contribution is -1.83. The van der Waals surface area contributed by atoms with Gasteiger partial charge in [0, 0.05) is 6.61 Å². The van der Waals surface area contributed by atoms with Crippen molar-refractivity contribution in [1.82, 2.24) is 0 Å². The van der Waals surface area contributed by atoms with Gasteiger partial charge >= 0.3 is 0 Å². The van der Waals surface area contributed by atoms with E-state index in [9.17, 15) is 0 Å². The Morgan fingerprint density at radius 1 is 0.600 bits per heavy atom. The van der Waals surface area contributed by atoms with Crippen LogP contribution in [0.2, 0.25) is 0 Å².